The average Bonchev–Trinajstić information content (AvgIpc) is 2.87. The molecule has 2 aromatic rings. The van der Waals surface area contributed by atoms with Crippen LogP contribution in [0.5, 0.6) is 0 Å². The first-order chi connectivity index (χ1) is 10.7. The Hall–Kier alpha value is -2.46. The molecule has 0 aromatic heterocycles. The smallest absolute Gasteiger partial charge is 0.127 e. The van der Waals surface area contributed by atoms with Gasteiger partial charge in [0.15, 0.2) is 0 Å². The van der Waals surface area contributed by atoms with E-state index < -0.39 is 0 Å². The van der Waals surface area contributed by atoms with Crippen molar-refractivity contribution in [1.29, 1.82) is 0 Å². The van der Waals surface area contributed by atoms with Gasteiger partial charge in [-0.2, -0.15) is 0 Å². The van der Waals surface area contributed by atoms with Gasteiger partial charge >= 0.3 is 0 Å². The topological polar surface area (TPSA) is 48.8 Å². The Balaban J connectivity index is 1.78. The van der Waals surface area contributed by atoms with E-state index in [2.05, 4.69) is 49.0 Å². The Labute approximate surface area is 130 Å². The van der Waals surface area contributed by atoms with E-state index in [9.17, 15) is 0 Å². The van der Waals surface area contributed by atoms with Crippen LogP contribution < -0.4 is 10.9 Å². The van der Waals surface area contributed by atoms with Crippen LogP contribution in [0.15, 0.2) is 58.5 Å². The number of nitrogens with one attached hydrogen (secondary N) is 2. The summed E-state index contributed by atoms with van der Waals surface area (Å²) >= 11 is 0. The number of benzene rings is 2. The fraction of sp³-hybridized carbons (Fsp3) is 0.222. The minimum atomic E-state index is 0.134. The molecule has 0 spiro atoms. The maximum absolute atomic E-state index is 4.80. The fourth-order valence-corrected chi connectivity index (χ4v) is 3.10. The second-order valence-corrected chi connectivity index (χ2v) is 5.87. The molecule has 22 heavy (non-hydrogen) atoms. The van der Waals surface area contributed by atoms with Crippen molar-refractivity contribution < 1.29 is 0 Å². The molecule has 0 aliphatic carbocycles. The van der Waals surface area contributed by atoms with Crippen LogP contribution in [0.3, 0.4) is 0 Å². The highest BCUT2D eigenvalue weighted by Gasteiger charge is 2.37. The summed E-state index contributed by atoms with van der Waals surface area (Å²) in [7, 11) is 0. The van der Waals surface area contributed by atoms with Crippen molar-refractivity contribution in [2.45, 2.75) is 19.9 Å². The van der Waals surface area contributed by atoms with E-state index in [0.29, 0.717) is 0 Å². The molecule has 0 radical (unpaired) electrons. The molecule has 2 N–H and O–H groups in total. The summed E-state index contributed by atoms with van der Waals surface area (Å²) < 4.78 is 0. The van der Waals surface area contributed by atoms with E-state index in [-0.39, 0.29) is 12.0 Å². The summed E-state index contributed by atoms with van der Waals surface area (Å²) in [6, 6.07) is 16.8. The van der Waals surface area contributed by atoms with Crippen LogP contribution in [-0.4, -0.2) is 11.5 Å². The van der Waals surface area contributed by atoms with Gasteiger partial charge in [-0.05, 0) is 31.5 Å². The lowest BCUT2D eigenvalue weighted by Gasteiger charge is -2.17. The molecule has 0 saturated carbocycles. The normalized spacial score (nSPS) is 22.8. The Morgan fingerprint density at radius 2 is 1.55 bits per heavy atom. The van der Waals surface area contributed by atoms with Gasteiger partial charge in [-0.1, -0.05) is 42.0 Å². The van der Waals surface area contributed by atoms with Crippen molar-refractivity contribution in [3.8, 4) is 0 Å². The molecule has 2 aliphatic heterocycles. The lowest BCUT2D eigenvalue weighted by molar-refractivity contribution is 0.552. The van der Waals surface area contributed by atoms with Crippen LogP contribution in [0.4, 0.5) is 11.4 Å². The third-order valence-corrected chi connectivity index (χ3v) is 4.29. The van der Waals surface area contributed by atoms with E-state index in [1.54, 1.807) is 0 Å². The van der Waals surface area contributed by atoms with Gasteiger partial charge in [0.25, 0.3) is 0 Å². The predicted molar refractivity (Wildman–Crippen MR) is 90.0 cm³/mol. The molecule has 2 unspecified atom stereocenters. The third-order valence-electron chi connectivity index (χ3n) is 4.29. The van der Waals surface area contributed by atoms with Crippen molar-refractivity contribution in [2.24, 2.45) is 15.9 Å². The highest BCUT2D eigenvalue weighted by atomic mass is 15.4. The van der Waals surface area contributed by atoms with Gasteiger partial charge in [0.2, 0.25) is 0 Å². The van der Waals surface area contributed by atoms with Crippen molar-refractivity contribution in [1.82, 2.24) is 10.9 Å². The van der Waals surface area contributed by atoms with Crippen molar-refractivity contribution in [3.05, 3.63) is 59.7 Å². The Morgan fingerprint density at radius 1 is 0.864 bits per heavy atom. The highest BCUT2D eigenvalue weighted by Crippen LogP contribution is 2.36. The van der Waals surface area contributed by atoms with Crippen LogP contribution in [0.2, 0.25) is 0 Å². The van der Waals surface area contributed by atoms with Gasteiger partial charge in [-0.3, -0.25) is 4.99 Å². The number of fused-ring (bicyclic) bond motifs is 2. The average molecular weight is 290 g/mol. The minimum Gasteiger partial charge on any atom is -0.308 e. The molecule has 2 atom stereocenters. The standard InChI is InChI=1S/C18H18N4/c1-11-7-9-13(10-8-11)17-16-12(2)19-14-5-3-4-6-15(14)20-18(16)22-21-17/h3-10,16-17,21H,1-2H3,(H,20,22). The molecule has 4 heteroatoms. The number of aliphatic imine (C=N–C) groups is 2. The van der Waals surface area contributed by atoms with Crippen LogP contribution in [0.1, 0.15) is 24.1 Å². The molecule has 1 saturated heterocycles. The number of para-hydroxylation sites is 2. The number of hydrogen-bond donors (Lipinski definition) is 2. The monoisotopic (exact) mass is 290 g/mol. The summed E-state index contributed by atoms with van der Waals surface area (Å²) in [6.07, 6.45) is 0. The molecule has 4 nitrogen and oxygen atoms in total. The van der Waals surface area contributed by atoms with E-state index in [1.807, 2.05) is 24.3 Å². The zero-order chi connectivity index (χ0) is 15.1. The zero-order valence-corrected chi connectivity index (χ0v) is 12.7. The summed E-state index contributed by atoms with van der Waals surface area (Å²) in [5, 5.41) is 0. The summed E-state index contributed by atoms with van der Waals surface area (Å²) in [4.78, 5) is 9.57. The number of nitrogens with zero attached hydrogens (tertiary/aromatic N) is 2. The van der Waals surface area contributed by atoms with E-state index in [4.69, 9.17) is 9.98 Å². The van der Waals surface area contributed by atoms with E-state index in [1.165, 1.54) is 11.1 Å². The quantitative estimate of drug-likeness (QED) is 0.843. The van der Waals surface area contributed by atoms with Gasteiger partial charge < -0.3 is 5.43 Å². The second-order valence-electron chi connectivity index (χ2n) is 5.87. The molecule has 2 aliphatic rings. The predicted octanol–water partition coefficient (Wildman–Crippen LogP) is 3.60. The first-order valence-electron chi connectivity index (χ1n) is 7.53. The Morgan fingerprint density at radius 3 is 2.27 bits per heavy atom. The van der Waals surface area contributed by atoms with Gasteiger partial charge in [0, 0.05) is 5.71 Å². The molecule has 0 bridgehead atoms. The Bertz CT molecular complexity index is 774. The minimum absolute atomic E-state index is 0.134. The van der Waals surface area contributed by atoms with Crippen LogP contribution in [0, 0.1) is 12.8 Å². The van der Waals surface area contributed by atoms with Crippen LogP contribution >= 0.6 is 0 Å². The molecular formula is C18H18N4. The van der Waals surface area contributed by atoms with Gasteiger partial charge in [-0.25, -0.2) is 10.4 Å². The third kappa shape index (κ3) is 2.12. The molecule has 110 valence electrons. The largest absolute Gasteiger partial charge is 0.308 e. The zero-order valence-electron chi connectivity index (χ0n) is 12.7. The van der Waals surface area contributed by atoms with Gasteiger partial charge in [-0.15, -0.1) is 0 Å². The lowest BCUT2D eigenvalue weighted by Crippen LogP contribution is -2.27. The molecule has 0 amide bonds. The SMILES string of the molecule is CC1=Nc2ccccc2N=C2NNC(c3ccc(C)cc3)C12. The molecular weight excluding hydrogens is 272 g/mol. The van der Waals surface area contributed by atoms with Crippen LogP contribution in [-0.2, 0) is 0 Å². The summed E-state index contributed by atoms with van der Waals surface area (Å²) in [6.45, 7) is 4.18. The number of hydrazine groups is 1. The van der Waals surface area contributed by atoms with Crippen molar-refractivity contribution >= 4 is 22.9 Å². The number of amidine groups is 1. The number of hydrogen-bond acceptors (Lipinski definition) is 4. The maximum atomic E-state index is 4.80. The highest BCUT2D eigenvalue weighted by molar-refractivity contribution is 6.10. The maximum Gasteiger partial charge on any atom is 0.127 e. The van der Waals surface area contributed by atoms with Crippen molar-refractivity contribution in [3.63, 3.8) is 0 Å². The summed E-state index contributed by atoms with van der Waals surface area (Å²) in [5.74, 6) is 1.08. The van der Waals surface area contributed by atoms with Crippen molar-refractivity contribution in [2.75, 3.05) is 0 Å². The molecule has 1 fully saturated rings. The number of rotatable bonds is 1. The first-order valence-corrected chi connectivity index (χ1v) is 7.53. The Kier molecular flexibility index (Phi) is 3.05. The lowest BCUT2D eigenvalue weighted by atomic mass is 9.90. The van der Waals surface area contributed by atoms with E-state index >= 15 is 0 Å². The first kappa shape index (κ1) is 13.2. The summed E-state index contributed by atoms with van der Waals surface area (Å²) in [5.41, 5.74) is 12.1. The molecule has 2 heterocycles. The van der Waals surface area contributed by atoms with E-state index in [0.717, 1.165) is 22.9 Å². The van der Waals surface area contributed by atoms with Gasteiger partial charge in [0.1, 0.15) is 5.84 Å². The fourth-order valence-electron chi connectivity index (χ4n) is 3.10. The van der Waals surface area contributed by atoms with Crippen LogP contribution in [0.25, 0.3) is 0 Å². The number of aryl methyl sites for hydroxylation is 1. The second kappa shape index (κ2) is 5.07. The molecule has 2 aromatic carbocycles. The van der Waals surface area contributed by atoms with Gasteiger partial charge in [0.05, 0.1) is 23.3 Å². The molecule has 4 rings (SSSR count).